The van der Waals surface area contributed by atoms with E-state index in [1.807, 2.05) is 0 Å². The molecule has 6 heteroatoms. The Labute approximate surface area is 145 Å². The van der Waals surface area contributed by atoms with Crippen molar-refractivity contribution in [2.45, 2.75) is 51.4 Å². The minimum absolute atomic E-state index is 0. The lowest BCUT2D eigenvalue weighted by Crippen LogP contribution is -2.38. The molecule has 0 bridgehead atoms. The summed E-state index contributed by atoms with van der Waals surface area (Å²) in [5.41, 5.74) is 0. The summed E-state index contributed by atoms with van der Waals surface area (Å²) in [5, 5.41) is 6.40. The van der Waals surface area contributed by atoms with Crippen molar-refractivity contribution in [3.05, 3.63) is 0 Å². The van der Waals surface area contributed by atoms with Gasteiger partial charge in [-0.3, -0.25) is 9.79 Å². The smallest absolute Gasteiger partial charge is 0.307 e. The molecule has 0 aromatic carbocycles. The van der Waals surface area contributed by atoms with Gasteiger partial charge in [-0.15, -0.1) is 24.0 Å². The van der Waals surface area contributed by atoms with Crippen molar-refractivity contribution >= 4 is 35.9 Å². The summed E-state index contributed by atoms with van der Waals surface area (Å²) in [6.45, 7) is 1.49. The van der Waals surface area contributed by atoms with Gasteiger partial charge in [-0.25, -0.2) is 0 Å². The lowest BCUT2D eigenvalue weighted by atomic mass is 9.86. The van der Waals surface area contributed by atoms with Gasteiger partial charge in [-0.2, -0.15) is 0 Å². The van der Waals surface area contributed by atoms with Crippen LogP contribution in [0.15, 0.2) is 4.99 Å². The molecule has 0 atom stereocenters. The first-order valence-corrected chi connectivity index (χ1v) is 7.77. The van der Waals surface area contributed by atoms with Crippen molar-refractivity contribution in [3.8, 4) is 0 Å². The highest BCUT2D eigenvalue weighted by atomic mass is 127. The monoisotopic (exact) mass is 411 g/mol. The van der Waals surface area contributed by atoms with Crippen LogP contribution in [0.3, 0.4) is 0 Å². The molecule has 0 radical (unpaired) electrons. The number of esters is 1. The second-order valence-electron chi connectivity index (χ2n) is 5.40. The number of methoxy groups -OCH3 is 1. The van der Waals surface area contributed by atoms with E-state index < -0.39 is 0 Å². The first kappa shape index (κ1) is 20.5. The van der Waals surface area contributed by atoms with E-state index in [-0.39, 0.29) is 29.9 Å². The number of halogens is 1. The molecule has 0 spiro atoms. The summed E-state index contributed by atoms with van der Waals surface area (Å²) in [5.74, 6) is 1.49. The first-order valence-electron chi connectivity index (χ1n) is 7.77. The Morgan fingerprint density at radius 3 is 2.48 bits per heavy atom. The van der Waals surface area contributed by atoms with E-state index in [9.17, 15) is 4.79 Å². The van der Waals surface area contributed by atoms with Crippen molar-refractivity contribution < 1.29 is 9.53 Å². The lowest BCUT2D eigenvalue weighted by Gasteiger charge is -2.21. The quantitative estimate of drug-likeness (QED) is 0.222. The molecule has 21 heavy (non-hydrogen) atoms. The summed E-state index contributed by atoms with van der Waals surface area (Å²) in [4.78, 5) is 15.1. The molecule has 124 valence electrons. The van der Waals surface area contributed by atoms with E-state index >= 15 is 0 Å². The number of rotatable bonds is 7. The van der Waals surface area contributed by atoms with Crippen LogP contribution >= 0.6 is 24.0 Å². The van der Waals surface area contributed by atoms with Crippen LogP contribution in [0.2, 0.25) is 0 Å². The molecule has 0 aromatic rings. The molecule has 1 saturated carbocycles. The third-order valence-corrected chi connectivity index (χ3v) is 3.88. The normalized spacial score (nSPS) is 16.0. The molecule has 1 rings (SSSR count). The van der Waals surface area contributed by atoms with E-state index in [1.54, 1.807) is 7.05 Å². The van der Waals surface area contributed by atoms with Gasteiger partial charge in [0.2, 0.25) is 0 Å². The highest BCUT2D eigenvalue weighted by Gasteiger charge is 2.12. The molecule has 0 aromatic heterocycles. The number of aliphatic imine (C=N–C) groups is 1. The van der Waals surface area contributed by atoms with Gasteiger partial charge in [0, 0.05) is 20.1 Å². The Kier molecular flexibility index (Phi) is 12.8. The van der Waals surface area contributed by atoms with E-state index in [2.05, 4.69) is 20.4 Å². The van der Waals surface area contributed by atoms with Crippen LogP contribution in [0.5, 0.6) is 0 Å². The number of guanidine groups is 1. The number of hydrogen-bond donors (Lipinski definition) is 2. The molecule has 0 amide bonds. The summed E-state index contributed by atoms with van der Waals surface area (Å²) < 4.78 is 4.59. The molecule has 0 aliphatic heterocycles. The van der Waals surface area contributed by atoms with Gasteiger partial charge in [-0.05, 0) is 18.8 Å². The van der Waals surface area contributed by atoms with Crippen molar-refractivity contribution in [2.75, 3.05) is 27.2 Å². The Balaban J connectivity index is 0.00000400. The minimum atomic E-state index is -0.203. The van der Waals surface area contributed by atoms with Crippen molar-refractivity contribution in [1.29, 1.82) is 0 Å². The third kappa shape index (κ3) is 9.92. The molecule has 0 unspecified atom stereocenters. The number of ether oxygens (including phenoxy) is 1. The minimum Gasteiger partial charge on any atom is -0.469 e. The van der Waals surface area contributed by atoms with Gasteiger partial charge in [0.15, 0.2) is 5.96 Å². The average Bonchev–Trinajstić information content (AvgIpc) is 2.50. The van der Waals surface area contributed by atoms with E-state index in [0.717, 1.165) is 18.4 Å². The molecular weight excluding hydrogens is 381 g/mol. The molecule has 2 N–H and O–H groups in total. The van der Waals surface area contributed by atoms with Crippen molar-refractivity contribution in [1.82, 2.24) is 10.6 Å². The number of carbonyl (C=O) groups excluding carboxylic acids is 1. The molecule has 5 nitrogen and oxygen atoms in total. The summed E-state index contributed by atoms with van der Waals surface area (Å²) in [6.07, 6.45) is 9.92. The number of carbonyl (C=O) groups is 1. The van der Waals surface area contributed by atoms with Gasteiger partial charge in [0.05, 0.1) is 13.5 Å². The van der Waals surface area contributed by atoms with Gasteiger partial charge in [0.1, 0.15) is 0 Å². The maximum Gasteiger partial charge on any atom is 0.307 e. The Morgan fingerprint density at radius 2 is 1.86 bits per heavy atom. The number of nitrogens with one attached hydrogen (secondary N) is 2. The highest BCUT2D eigenvalue weighted by Crippen LogP contribution is 2.26. The van der Waals surface area contributed by atoms with Crippen molar-refractivity contribution in [3.63, 3.8) is 0 Å². The Hall–Kier alpha value is -0.530. The summed E-state index contributed by atoms with van der Waals surface area (Å²) in [7, 11) is 3.15. The zero-order valence-electron chi connectivity index (χ0n) is 13.3. The molecular formula is C15H30IN3O2. The fraction of sp³-hybridized carbons (Fsp3) is 0.867. The number of nitrogens with zero attached hydrogens (tertiary/aromatic N) is 1. The predicted octanol–water partition coefficient (Wildman–Crippen LogP) is 2.69. The topological polar surface area (TPSA) is 62.7 Å². The van der Waals surface area contributed by atoms with Crippen LogP contribution < -0.4 is 10.6 Å². The average molecular weight is 411 g/mol. The van der Waals surface area contributed by atoms with E-state index in [0.29, 0.717) is 13.0 Å². The van der Waals surface area contributed by atoms with Crippen LogP contribution in [0.25, 0.3) is 0 Å². The Morgan fingerprint density at radius 1 is 1.19 bits per heavy atom. The zero-order chi connectivity index (χ0) is 14.6. The van der Waals surface area contributed by atoms with Gasteiger partial charge in [-0.1, -0.05) is 32.1 Å². The fourth-order valence-electron chi connectivity index (χ4n) is 2.68. The lowest BCUT2D eigenvalue weighted by molar-refractivity contribution is -0.140. The second kappa shape index (κ2) is 13.2. The summed E-state index contributed by atoms with van der Waals surface area (Å²) >= 11 is 0. The van der Waals surface area contributed by atoms with Crippen LogP contribution in [0.4, 0.5) is 0 Å². The largest absolute Gasteiger partial charge is 0.469 e. The highest BCUT2D eigenvalue weighted by molar-refractivity contribution is 14.0. The van der Waals surface area contributed by atoms with E-state index in [1.165, 1.54) is 52.1 Å². The van der Waals surface area contributed by atoms with Gasteiger partial charge >= 0.3 is 5.97 Å². The maximum absolute atomic E-state index is 11.0. The van der Waals surface area contributed by atoms with Crippen LogP contribution in [-0.2, 0) is 9.53 Å². The molecule has 0 saturated heterocycles. The molecule has 1 aliphatic carbocycles. The summed E-state index contributed by atoms with van der Waals surface area (Å²) in [6, 6.07) is 0. The number of hydrogen-bond acceptors (Lipinski definition) is 3. The predicted molar refractivity (Wildman–Crippen MR) is 97.2 cm³/mol. The zero-order valence-corrected chi connectivity index (χ0v) is 15.7. The van der Waals surface area contributed by atoms with Gasteiger partial charge < -0.3 is 15.4 Å². The van der Waals surface area contributed by atoms with Crippen molar-refractivity contribution in [2.24, 2.45) is 10.9 Å². The molecule has 1 aliphatic rings. The van der Waals surface area contributed by atoms with Gasteiger partial charge in [0.25, 0.3) is 0 Å². The standard InChI is InChI=1S/C15H29N3O2.HI/c1-16-15(18-12-10-14(19)20-2)17-11-6-9-13-7-4-3-5-8-13;/h13H,3-12H2,1-2H3,(H2,16,17,18);1H. The van der Waals surface area contributed by atoms with E-state index in [4.69, 9.17) is 0 Å². The first-order chi connectivity index (χ1) is 9.76. The Bertz CT molecular complexity index is 305. The fourth-order valence-corrected chi connectivity index (χ4v) is 2.68. The molecule has 0 heterocycles. The van der Waals surface area contributed by atoms with Crippen LogP contribution in [0.1, 0.15) is 51.4 Å². The maximum atomic E-state index is 11.0. The van der Waals surface area contributed by atoms with Crippen LogP contribution in [-0.4, -0.2) is 39.2 Å². The third-order valence-electron chi connectivity index (χ3n) is 3.88. The van der Waals surface area contributed by atoms with Crippen LogP contribution in [0, 0.1) is 5.92 Å². The SMILES string of the molecule is CN=C(NCCCC1CCCCC1)NCCC(=O)OC.I. The molecule has 1 fully saturated rings. The second-order valence-corrected chi connectivity index (χ2v) is 5.40.